The van der Waals surface area contributed by atoms with Crippen molar-refractivity contribution in [2.24, 2.45) is 0 Å². The highest BCUT2D eigenvalue weighted by atomic mass is 19.1. The maximum atomic E-state index is 13.2. The Balaban J connectivity index is 2.28. The van der Waals surface area contributed by atoms with Crippen molar-refractivity contribution in [3.63, 3.8) is 0 Å². The second kappa shape index (κ2) is 5.76. The zero-order valence-corrected chi connectivity index (χ0v) is 12.9. The molecule has 0 fully saturated rings. The molecule has 0 radical (unpaired) electrons. The molecule has 0 aliphatic rings. The number of amides is 1. The third-order valence-electron chi connectivity index (χ3n) is 3.79. The number of hydrogen-bond donors (Lipinski definition) is 2. The summed E-state index contributed by atoms with van der Waals surface area (Å²) in [6, 6.07) is 13.7. The summed E-state index contributed by atoms with van der Waals surface area (Å²) >= 11 is 0. The molecule has 118 valence electrons. The first kappa shape index (κ1) is 15.1. The van der Waals surface area contributed by atoms with Crippen LogP contribution in [0.15, 0.2) is 48.5 Å². The lowest BCUT2D eigenvalue weighted by Gasteiger charge is -2.13. The van der Waals surface area contributed by atoms with Gasteiger partial charge in [-0.2, -0.15) is 0 Å². The molecule has 4 nitrogen and oxygen atoms in total. The lowest BCUT2D eigenvalue weighted by atomic mass is 10.1. The van der Waals surface area contributed by atoms with Gasteiger partial charge in [-0.3, -0.25) is 5.32 Å². The van der Waals surface area contributed by atoms with E-state index < -0.39 is 6.09 Å². The Morgan fingerprint density at radius 1 is 1.17 bits per heavy atom. The molecule has 3 aromatic rings. The van der Waals surface area contributed by atoms with Crippen LogP contribution >= 0.6 is 0 Å². The number of benzene rings is 2. The summed E-state index contributed by atoms with van der Waals surface area (Å²) in [4.78, 5) is 11.0. The maximum absolute atomic E-state index is 13.2. The molecule has 2 N–H and O–H groups in total. The largest absolute Gasteiger partial charge is 0.465 e. The zero-order chi connectivity index (χ0) is 16.6. The fourth-order valence-electron chi connectivity index (χ4n) is 2.78. The molecule has 0 spiro atoms. The number of rotatable bonds is 3. The summed E-state index contributed by atoms with van der Waals surface area (Å²) in [6.45, 7) is 4.14. The number of halogens is 1. The van der Waals surface area contributed by atoms with E-state index in [4.69, 9.17) is 5.11 Å². The van der Waals surface area contributed by atoms with Gasteiger partial charge < -0.3 is 9.67 Å². The van der Waals surface area contributed by atoms with Gasteiger partial charge in [0.05, 0.1) is 11.2 Å². The van der Waals surface area contributed by atoms with Gasteiger partial charge in [-0.1, -0.05) is 19.9 Å². The molecule has 0 saturated carbocycles. The van der Waals surface area contributed by atoms with E-state index in [0.29, 0.717) is 5.69 Å². The predicted octanol–water partition coefficient (Wildman–Crippen LogP) is 4.98. The zero-order valence-electron chi connectivity index (χ0n) is 12.9. The average molecular weight is 312 g/mol. The van der Waals surface area contributed by atoms with Gasteiger partial charge >= 0.3 is 6.09 Å². The lowest BCUT2D eigenvalue weighted by Crippen LogP contribution is -2.07. The van der Waals surface area contributed by atoms with Gasteiger partial charge in [-0.25, -0.2) is 9.18 Å². The van der Waals surface area contributed by atoms with Gasteiger partial charge in [0.15, 0.2) is 0 Å². The first-order valence-corrected chi connectivity index (χ1v) is 7.37. The molecular formula is C18H17FN2O2. The Hall–Kier alpha value is -2.82. The van der Waals surface area contributed by atoms with Crippen LogP contribution in [0.3, 0.4) is 0 Å². The molecule has 0 atom stereocenters. The molecule has 2 aromatic carbocycles. The highest BCUT2D eigenvalue weighted by Gasteiger charge is 2.16. The monoisotopic (exact) mass is 312 g/mol. The molecule has 1 heterocycles. The van der Waals surface area contributed by atoms with Crippen LogP contribution in [0.1, 0.15) is 25.5 Å². The molecule has 1 aromatic heterocycles. The number of carbonyl (C=O) groups is 1. The molecule has 0 unspecified atom stereocenters. The second-order valence-electron chi connectivity index (χ2n) is 5.70. The molecule has 0 aliphatic carbocycles. The van der Waals surface area contributed by atoms with E-state index >= 15 is 0 Å². The summed E-state index contributed by atoms with van der Waals surface area (Å²) in [5, 5.41) is 12.3. The Morgan fingerprint density at radius 3 is 2.48 bits per heavy atom. The topological polar surface area (TPSA) is 54.3 Å². The van der Waals surface area contributed by atoms with Crippen molar-refractivity contribution in [3.05, 3.63) is 60.0 Å². The number of nitrogens with one attached hydrogen (secondary N) is 1. The second-order valence-corrected chi connectivity index (χ2v) is 5.70. The van der Waals surface area contributed by atoms with Gasteiger partial charge in [-0.05, 0) is 48.4 Å². The third kappa shape index (κ3) is 2.77. The van der Waals surface area contributed by atoms with Crippen molar-refractivity contribution >= 4 is 22.7 Å². The van der Waals surface area contributed by atoms with Crippen molar-refractivity contribution < 1.29 is 14.3 Å². The standard InChI is InChI=1S/C18H17FN2O2/c1-11(2)17-10-14-15(20-18(22)23)4-3-5-16(14)21(17)13-8-6-12(19)7-9-13/h3-11,20H,1-2H3,(H,22,23). The number of nitrogens with zero attached hydrogens (tertiary/aromatic N) is 1. The molecule has 23 heavy (non-hydrogen) atoms. The van der Waals surface area contributed by atoms with E-state index in [1.165, 1.54) is 12.1 Å². The highest BCUT2D eigenvalue weighted by Crippen LogP contribution is 2.33. The van der Waals surface area contributed by atoms with Crippen molar-refractivity contribution in [3.8, 4) is 5.69 Å². The number of aromatic nitrogens is 1. The number of hydrogen-bond acceptors (Lipinski definition) is 1. The van der Waals surface area contributed by atoms with Gasteiger partial charge in [0, 0.05) is 16.8 Å². The van der Waals surface area contributed by atoms with Gasteiger partial charge in [0.1, 0.15) is 5.82 Å². The van der Waals surface area contributed by atoms with Crippen LogP contribution in [0, 0.1) is 5.82 Å². The van der Waals surface area contributed by atoms with Crippen LogP contribution in [0.25, 0.3) is 16.6 Å². The Kier molecular flexibility index (Phi) is 3.78. The van der Waals surface area contributed by atoms with Crippen LogP contribution in [0.5, 0.6) is 0 Å². The molecular weight excluding hydrogens is 295 g/mol. The summed E-state index contributed by atoms with van der Waals surface area (Å²) in [7, 11) is 0. The maximum Gasteiger partial charge on any atom is 0.409 e. The van der Waals surface area contributed by atoms with Crippen molar-refractivity contribution in [1.29, 1.82) is 0 Å². The first-order valence-electron chi connectivity index (χ1n) is 7.37. The SMILES string of the molecule is CC(C)c1cc2c(NC(=O)O)cccc2n1-c1ccc(F)cc1. The van der Waals surface area contributed by atoms with E-state index in [2.05, 4.69) is 19.2 Å². The van der Waals surface area contributed by atoms with E-state index in [-0.39, 0.29) is 11.7 Å². The highest BCUT2D eigenvalue weighted by molar-refractivity contribution is 6.00. The minimum absolute atomic E-state index is 0.227. The Morgan fingerprint density at radius 2 is 1.87 bits per heavy atom. The fraction of sp³-hybridized carbons (Fsp3) is 0.167. The lowest BCUT2D eigenvalue weighted by molar-refractivity contribution is 0.210. The number of fused-ring (bicyclic) bond motifs is 1. The minimum Gasteiger partial charge on any atom is -0.465 e. The number of carboxylic acid groups (broad SMARTS) is 1. The summed E-state index contributed by atoms with van der Waals surface area (Å²) < 4.78 is 15.3. The van der Waals surface area contributed by atoms with Crippen molar-refractivity contribution in [1.82, 2.24) is 4.57 Å². The minimum atomic E-state index is -1.10. The van der Waals surface area contributed by atoms with Gasteiger partial charge in [-0.15, -0.1) is 0 Å². The average Bonchev–Trinajstić information content (AvgIpc) is 2.88. The van der Waals surface area contributed by atoms with Gasteiger partial charge in [0.25, 0.3) is 0 Å². The van der Waals surface area contributed by atoms with E-state index in [9.17, 15) is 9.18 Å². The van der Waals surface area contributed by atoms with E-state index in [0.717, 1.165) is 22.3 Å². The molecule has 0 saturated heterocycles. The predicted molar refractivity (Wildman–Crippen MR) is 89.0 cm³/mol. The normalized spacial score (nSPS) is 11.1. The summed E-state index contributed by atoms with van der Waals surface area (Å²) in [6.07, 6.45) is -1.10. The summed E-state index contributed by atoms with van der Waals surface area (Å²) in [5.41, 5.74) is 3.30. The summed E-state index contributed by atoms with van der Waals surface area (Å²) in [5.74, 6) is -0.0605. The van der Waals surface area contributed by atoms with Crippen LogP contribution in [-0.4, -0.2) is 15.8 Å². The Labute approximate surface area is 133 Å². The van der Waals surface area contributed by atoms with Crippen LogP contribution < -0.4 is 5.32 Å². The van der Waals surface area contributed by atoms with Crippen LogP contribution in [-0.2, 0) is 0 Å². The van der Waals surface area contributed by atoms with Gasteiger partial charge in [0.2, 0.25) is 0 Å². The van der Waals surface area contributed by atoms with Crippen LogP contribution in [0.2, 0.25) is 0 Å². The quantitative estimate of drug-likeness (QED) is 0.716. The molecule has 0 bridgehead atoms. The fourth-order valence-corrected chi connectivity index (χ4v) is 2.78. The van der Waals surface area contributed by atoms with E-state index in [1.54, 1.807) is 24.3 Å². The number of anilines is 1. The smallest absolute Gasteiger partial charge is 0.409 e. The molecule has 5 heteroatoms. The Bertz CT molecular complexity index is 867. The van der Waals surface area contributed by atoms with E-state index in [1.807, 2.05) is 16.7 Å². The van der Waals surface area contributed by atoms with Crippen molar-refractivity contribution in [2.45, 2.75) is 19.8 Å². The molecule has 3 rings (SSSR count). The van der Waals surface area contributed by atoms with Crippen molar-refractivity contribution in [2.75, 3.05) is 5.32 Å². The third-order valence-corrected chi connectivity index (χ3v) is 3.79. The first-order chi connectivity index (χ1) is 11.0. The molecule has 1 amide bonds. The van der Waals surface area contributed by atoms with Crippen LogP contribution in [0.4, 0.5) is 14.9 Å². The molecule has 0 aliphatic heterocycles.